The smallest absolute Gasteiger partial charge is 0.354 e. The van der Waals surface area contributed by atoms with Crippen molar-refractivity contribution < 1.29 is 19.1 Å². The molecule has 0 saturated carbocycles. The van der Waals surface area contributed by atoms with E-state index in [-0.39, 0.29) is 30.7 Å². The van der Waals surface area contributed by atoms with Crippen LogP contribution in [0.2, 0.25) is 0 Å². The number of urea groups is 1. The van der Waals surface area contributed by atoms with E-state index in [0.29, 0.717) is 22.7 Å². The predicted molar refractivity (Wildman–Crippen MR) is 136 cm³/mol. The maximum Gasteiger partial charge on any atom is 0.354 e. The van der Waals surface area contributed by atoms with E-state index in [1.807, 2.05) is 48.5 Å². The van der Waals surface area contributed by atoms with Crippen LogP contribution in [0.4, 0.5) is 27.5 Å². The van der Waals surface area contributed by atoms with Crippen LogP contribution in [0, 0.1) is 0 Å². The monoisotopic (exact) mass is 471 g/mol. The molecule has 0 radical (unpaired) electrons. The number of ether oxygens (including phenoxy) is 1. The molecule has 1 atom stereocenters. The number of rotatable bonds is 7. The molecule has 3 amide bonds. The van der Waals surface area contributed by atoms with Crippen LogP contribution in [-0.4, -0.2) is 36.3 Å². The van der Waals surface area contributed by atoms with E-state index in [9.17, 15) is 14.4 Å². The zero-order valence-corrected chi connectivity index (χ0v) is 19.1. The minimum Gasteiger partial charge on any atom is -0.461 e. The lowest BCUT2D eigenvalue weighted by Crippen LogP contribution is -2.38. The van der Waals surface area contributed by atoms with Crippen molar-refractivity contribution in [1.82, 2.24) is 0 Å². The molecule has 3 aromatic carbocycles. The molecule has 0 fully saturated rings. The number of amides is 3. The molecule has 3 N–H and O–H groups in total. The van der Waals surface area contributed by atoms with Crippen LogP contribution in [-0.2, 0) is 14.3 Å². The van der Waals surface area contributed by atoms with E-state index in [1.54, 1.807) is 43.3 Å². The standard InChI is InChI=1S/C26H25N5O4/c1-2-35-25(33)22-17-23(31(30-22)21-11-7-4-8-12-21)24(32)27-19-13-15-20(16-14-19)29-26(34)28-18-9-5-3-6-10-18/h3-16,23H,2,17H2,1H3,(H,27,32)(H2,28,29,34). The summed E-state index contributed by atoms with van der Waals surface area (Å²) in [5.41, 5.74) is 2.67. The van der Waals surface area contributed by atoms with Gasteiger partial charge >= 0.3 is 12.0 Å². The fraction of sp³-hybridized carbons (Fsp3) is 0.154. The van der Waals surface area contributed by atoms with Crippen molar-refractivity contribution >= 4 is 46.4 Å². The Morgan fingerprint density at radius 1 is 0.829 bits per heavy atom. The Labute approximate surface area is 202 Å². The third kappa shape index (κ3) is 6.02. The van der Waals surface area contributed by atoms with Gasteiger partial charge in [-0.25, -0.2) is 9.59 Å². The van der Waals surface area contributed by atoms with Gasteiger partial charge in [-0.15, -0.1) is 0 Å². The predicted octanol–water partition coefficient (Wildman–Crippen LogP) is 4.47. The fourth-order valence-corrected chi connectivity index (χ4v) is 3.55. The Morgan fingerprint density at radius 2 is 1.37 bits per heavy atom. The summed E-state index contributed by atoms with van der Waals surface area (Å²) in [4.78, 5) is 37.5. The Hall–Kier alpha value is -4.66. The summed E-state index contributed by atoms with van der Waals surface area (Å²) >= 11 is 0. The van der Waals surface area contributed by atoms with E-state index in [2.05, 4.69) is 21.1 Å². The Morgan fingerprint density at radius 3 is 1.97 bits per heavy atom. The van der Waals surface area contributed by atoms with Crippen LogP contribution in [0.1, 0.15) is 13.3 Å². The molecule has 35 heavy (non-hydrogen) atoms. The number of hydrogen-bond acceptors (Lipinski definition) is 6. The highest BCUT2D eigenvalue weighted by molar-refractivity contribution is 6.38. The van der Waals surface area contributed by atoms with Crippen molar-refractivity contribution in [3.8, 4) is 0 Å². The van der Waals surface area contributed by atoms with E-state index in [4.69, 9.17) is 4.74 Å². The average Bonchev–Trinajstić information content (AvgIpc) is 3.33. The summed E-state index contributed by atoms with van der Waals surface area (Å²) in [5, 5.41) is 14.2. The molecule has 0 saturated heterocycles. The first kappa shape index (κ1) is 23.5. The molecule has 9 heteroatoms. The van der Waals surface area contributed by atoms with E-state index < -0.39 is 12.0 Å². The minimum absolute atomic E-state index is 0.124. The topological polar surface area (TPSA) is 112 Å². The third-order valence-electron chi connectivity index (χ3n) is 5.19. The first-order valence-electron chi connectivity index (χ1n) is 11.2. The van der Waals surface area contributed by atoms with Crippen molar-refractivity contribution in [3.63, 3.8) is 0 Å². The van der Waals surface area contributed by atoms with Gasteiger partial charge in [-0.1, -0.05) is 36.4 Å². The van der Waals surface area contributed by atoms with Crippen molar-refractivity contribution in [1.29, 1.82) is 0 Å². The second-order valence-electron chi connectivity index (χ2n) is 7.68. The van der Waals surface area contributed by atoms with Crippen molar-refractivity contribution in [2.24, 2.45) is 5.10 Å². The summed E-state index contributed by atoms with van der Waals surface area (Å²) in [7, 11) is 0. The number of carbonyl (C=O) groups excluding carboxylic acids is 3. The van der Waals surface area contributed by atoms with Crippen LogP contribution in [0.3, 0.4) is 0 Å². The van der Waals surface area contributed by atoms with Crippen LogP contribution in [0.25, 0.3) is 0 Å². The quantitative estimate of drug-likeness (QED) is 0.440. The molecule has 0 spiro atoms. The van der Waals surface area contributed by atoms with Gasteiger partial charge in [0.2, 0.25) is 5.91 Å². The number of anilines is 4. The van der Waals surface area contributed by atoms with Crippen molar-refractivity contribution in [3.05, 3.63) is 84.9 Å². The molecule has 9 nitrogen and oxygen atoms in total. The van der Waals surface area contributed by atoms with E-state index in [1.165, 1.54) is 5.01 Å². The molecule has 1 aliphatic heterocycles. The van der Waals surface area contributed by atoms with Crippen LogP contribution < -0.4 is 21.0 Å². The maximum atomic E-state index is 13.1. The van der Waals surface area contributed by atoms with Gasteiger partial charge in [-0.3, -0.25) is 9.80 Å². The number of hydrogen-bond donors (Lipinski definition) is 3. The highest BCUT2D eigenvalue weighted by atomic mass is 16.5. The normalized spacial score (nSPS) is 14.6. The van der Waals surface area contributed by atoms with Crippen LogP contribution in [0.15, 0.2) is 90.0 Å². The Bertz CT molecular complexity index is 1210. The molecular formula is C26H25N5O4. The minimum atomic E-state index is -0.716. The first-order valence-corrected chi connectivity index (χ1v) is 11.2. The number of hydrazone groups is 1. The number of benzene rings is 3. The zero-order valence-electron chi connectivity index (χ0n) is 19.1. The number of para-hydroxylation sites is 2. The van der Waals surface area contributed by atoms with Gasteiger partial charge in [0, 0.05) is 23.5 Å². The average molecular weight is 472 g/mol. The fourth-order valence-electron chi connectivity index (χ4n) is 3.55. The van der Waals surface area contributed by atoms with Crippen LogP contribution >= 0.6 is 0 Å². The van der Waals surface area contributed by atoms with E-state index >= 15 is 0 Å². The molecule has 1 unspecified atom stereocenters. The number of esters is 1. The number of nitrogens with zero attached hydrogens (tertiary/aromatic N) is 2. The summed E-state index contributed by atoms with van der Waals surface area (Å²) in [6, 6.07) is 23.9. The molecule has 0 aliphatic carbocycles. The number of nitrogens with one attached hydrogen (secondary N) is 3. The van der Waals surface area contributed by atoms with Crippen molar-refractivity contribution in [2.45, 2.75) is 19.4 Å². The highest BCUT2D eigenvalue weighted by Crippen LogP contribution is 2.26. The number of carbonyl (C=O) groups is 3. The molecule has 1 aliphatic rings. The van der Waals surface area contributed by atoms with Gasteiger partial charge in [-0.05, 0) is 55.5 Å². The SMILES string of the molecule is CCOC(=O)C1=NN(c2ccccc2)C(C(=O)Nc2ccc(NC(=O)Nc3ccccc3)cc2)C1. The largest absolute Gasteiger partial charge is 0.461 e. The summed E-state index contributed by atoms with van der Waals surface area (Å²) in [6.07, 6.45) is 0.124. The first-order chi connectivity index (χ1) is 17.0. The lowest BCUT2D eigenvalue weighted by Gasteiger charge is -2.22. The van der Waals surface area contributed by atoms with E-state index in [0.717, 1.165) is 0 Å². The lowest BCUT2D eigenvalue weighted by molar-refractivity contribution is -0.135. The summed E-state index contributed by atoms with van der Waals surface area (Å²) in [6.45, 7) is 1.94. The van der Waals surface area contributed by atoms with Gasteiger partial charge in [0.1, 0.15) is 11.8 Å². The van der Waals surface area contributed by atoms with Gasteiger partial charge in [0.15, 0.2) is 0 Å². The second-order valence-corrected chi connectivity index (χ2v) is 7.68. The molecule has 178 valence electrons. The zero-order chi connectivity index (χ0) is 24.6. The molecule has 1 heterocycles. The molecular weight excluding hydrogens is 446 g/mol. The molecule has 3 aromatic rings. The van der Waals surface area contributed by atoms with Crippen LogP contribution in [0.5, 0.6) is 0 Å². The van der Waals surface area contributed by atoms with Gasteiger partial charge < -0.3 is 20.7 Å². The molecule has 0 aromatic heterocycles. The molecule has 4 rings (SSSR count). The van der Waals surface area contributed by atoms with Gasteiger partial charge in [-0.2, -0.15) is 5.10 Å². The molecule has 0 bridgehead atoms. The second kappa shape index (κ2) is 11.0. The lowest BCUT2D eigenvalue weighted by atomic mass is 10.1. The van der Waals surface area contributed by atoms with Gasteiger partial charge in [0.25, 0.3) is 0 Å². The third-order valence-corrected chi connectivity index (χ3v) is 5.19. The Balaban J connectivity index is 1.40. The summed E-state index contributed by atoms with van der Waals surface area (Å²) < 4.78 is 5.07. The Kier molecular flexibility index (Phi) is 7.37. The van der Waals surface area contributed by atoms with Crippen molar-refractivity contribution in [2.75, 3.05) is 27.6 Å². The summed E-state index contributed by atoms with van der Waals surface area (Å²) in [5.74, 6) is -0.854. The van der Waals surface area contributed by atoms with Gasteiger partial charge in [0.05, 0.1) is 12.3 Å². The maximum absolute atomic E-state index is 13.1. The highest BCUT2D eigenvalue weighted by Gasteiger charge is 2.36.